The predicted octanol–water partition coefficient (Wildman–Crippen LogP) is 0.139. The van der Waals surface area contributed by atoms with Gasteiger partial charge in [0, 0.05) is 12.5 Å². The van der Waals surface area contributed by atoms with E-state index in [0.717, 1.165) is 0 Å². The minimum atomic E-state index is -3.98. The molecule has 1 aliphatic rings. The molecule has 0 spiro atoms. The molecule has 112 valence electrons. The molecule has 1 aromatic heterocycles. The molecule has 0 bridgehead atoms. The number of fused-ring (bicyclic) bond motifs is 1. The molecular formula is C10H14N2O5S3. The number of hydrogen-bond donors (Lipinski definition) is 2. The Balaban J connectivity index is 2.64. The number of primary sulfonamides is 1. The van der Waals surface area contributed by atoms with Crippen LogP contribution >= 0.6 is 11.3 Å². The normalized spacial score (nSPS) is 24.9. The zero-order valence-corrected chi connectivity index (χ0v) is 13.2. The molecule has 3 N–H and O–H groups in total. The smallest absolute Gasteiger partial charge is 0.247 e. The fourth-order valence-corrected chi connectivity index (χ4v) is 6.54. The van der Waals surface area contributed by atoms with Crippen LogP contribution in [0.15, 0.2) is 14.5 Å². The van der Waals surface area contributed by atoms with Crippen molar-refractivity contribution in [3.63, 3.8) is 0 Å². The summed E-state index contributed by atoms with van der Waals surface area (Å²) in [6.45, 7) is 2.85. The molecule has 2 rings (SSSR count). The van der Waals surface area contributed by atoms with E-state index in [9.17, 15) is 21.6 Å². The van der Waals surface area contributed by atoms with E-state index in [0.29, 0.717) is 16.9 Å². The Morgan fingerprint density at radius 3 is 2.60 bits per heavy atom. The molecule has 0 saturated heterocycles. The monoisotopic (exact) mass is 338 g/mol. The first-order chi connectivity index (χ1) is 9.03. The van der Waals surface area contributed by atoms with E-state index in [2.05, 4.69) is 5.32 Å². The average molecular weight is 338 g/mol. The predicted molar refractivity (Wildman–Crippen MR) is 73.5 cm³/mol. The van der Waals surface area contributed by atoms with E-state index in [1.54, 1.807) is 0 Å². The van der Waals surface area contributed by atoms with E-state index < -0.39 is 31.2 Å². The molecule has 0 fully saturated rings. The van der Waals surface area contributed by atoms with Gasteiger partial charge in [-0.3, -0.25) is 4.79 Å². The van der Waals surface area contributed by atoms with Crippen molar-refractivity contribution < 1.29 is 21.6 Å². The second-order valence-corrected chi connectivity index (χ2v) is 10.1. The average Bonchev–Trinajstić information content (AvgIpc) is 2.70. The molecule has 7 nitrogen and oxygen atoms in total. The highest BCUT2D eigenvalue weighted by atomic mass is 32.3. The van der Waals surface area contributed by atoms with Gasteiger partial charge >= 0.3 is 0 Å². The summed E-state index contributed by atoms with van der Waals surface area (Å²) in [5, 5.41) is 6.98. The Morgan fingerprint density at radius 2 is 2.10 bits per heavy atom. The SMILES string of the molecule is CC(=O)N[C@@H]1C[C@H](C)S(=O)(=O)c2sc(S(N)(=O)=O)cc21. The van der Waals surface area contributed by atoms with Crippen molar-refractivity contribution >= 4 is 37.1 Å². The van der Waals surface area contributed by atoms with Crippen LogP contribution in [0.2, 0.25) is 0 Å². The number of nitrogens with one attached hydrogen (secondary N) is 1. The van der Waals surface area contributed by atoms with Crippen LogP contribution in [0.1, 0.15) is 31.9 Å². The zero-order valence-electron chi connectivity index (χ0n) is 10.8. The molecule has 0 aliphatic carbocycles. The highest BCUT2D eigenvalue weighted by molar-refractivity contribution is 7.95. The number of thiophene rings is 1. The second-order valence-electron chi connectivity index (χ2n) is 4.70. The van der Waals surface area contributed by atoms with E-state index >= 15 is 0 Å². The standard InChI is InChI=1S/C10H14N2O5S3/c1-5-3-8(12-6(2)13)7-4-9(20(11,16)17)18-10(7)19(5,14)15/h4-5,8H,3H2,1-2H3,(H,12,13)(H2,11,16,17)/t5-,8+/m0/s1. The van der Waals surface area contributed by atoms with Gasteiger partial charge in [-0.1, -0.05) is 0 Å². The van der Waals surface area contributed by atoms with Crippen molar-refractivity contribution in [3.8, 4) is 0 Å². The maximum absolute atomic E-state index is 12.2. The highest BCUT2D eigenvalue weighted by Crippen LogP contribution is 2.42. The van der Waals surface area contributed by atoms with Gasteiger partial charge in [0.2, 0.25) is 15.9 Å². The Kier molecular flexibility index (Phi) is 3.70. The largest absolute Gasteiger partial charge is 0.349 e. The Labute approximate surface area is 121 Å². The fourth-order valence-electron chi connectivity index (χ4n) is 2.12. The third kappa shape index (κ3) is 2.60. The Hall–Kier alpha value is -0.970. The number of amides is 1. The van der Waals surface area contributed by atoms with Crippen molar-refractivity contribution in [1.29, 1.82) is 0 Å². The maximum Gasteiger partial charge on any atom is 0.247 e. The number of hydrogen-bond acceptors (Lipinski definition) is 6. The van der Waals surface area contributed by atoms with Gasteiger partial charge in [0.1, 0.15) is 8.42 Å². The topological polar surface area (TPSA) is 123 Å². The first-order valence-electron chi connectivity index (χ1n) is 5.71. The molecule has 0 aromatic carbocycles. The summed E-state index contributed by atoms with van der Waals surface area (Å²) < 4.78 is 47.0. The number of nitrogens with two attached hydrogens (primary N) is 1. The highest BCUT2D eigenvalue weighted by Gasteiger charge is 2.39. The molecule has 2 heterocycles. The lowest BCUT2D eigenvalue weighted by Gasteiger charge is -2.27. The van der Waals surface area contributed by atoms with Gasteiger partial charge in [-0.05, 0) is 19.4 Å². The maximum atomic E-state index is 12.2. The van der Waals surface area contributed by atoms with Crippen LogP contribution in [0, 0.1) is 0 Å². The number of sulfonamides is 1. The lowest BCUT2D eigenvalue weighted by atomic mass is 10.1. The van der Waals surface area contributed by atoms with Crippen molar-refractivity contribution in [2.45, 2.75) is 40.0 Å². The summed E-state index contributed by atoms with van der Waals surface area (Å²) in [7, 11) is -7.56. The van der Waals surface area contributed by atoms with Gasteiger partial charge in [-0.15, -0.1) is 11.3 Å². The molecule has 1 aromatic rings. The molecule has 0 unspecified atom stereocenters. The minimum absolute atomic E-state index is 0.0287. The molecular weight excluding hydrogens is 324 g/mol. The first kappa shape index (κ1) is 15.4. The third-order valence-electron chi connectivity index (χ3n) is 3.09. The van der Waals surface area contributed by atoms with Crippen molar-refractivity contribution in [2.24, 2.45) is 5.14 Å². The summed E-state index contributed by atoms with van der Waals surface area (Å²) in [6, 6.07) is 0.715. The van der Waals surface area contributed by atoms with Crippen LogP contribution in [0.3, 0.4) is 0 Å². The van der Waals surface area contributed by atoms with Crippen molar-refractivity contribution in [1.82, 2.24) is 5.32 Å². The van der Waals surface area contributed by atoms with Crippen LogP contribution in [-0.2, 0) is 24.7 Å². The van der Waals surface area contributed by atoms with Crippen LogP contribution in [0.4, 0.5) is 0 Å². The molecule has 20 heavy (non-hydrogen) atoms. The lowest BCUT2D eigenvalue weighted by molar-refractivity contribution is -0.119. The molecule has 1 aliphatic heterocycles. The van der Waals surface area contributed by atoms with E-state index in [-0.39, 0.29) is 20.7 Å². The van der Waals surface area contributed by atoms with Crippen LogP contribution < -0.4 is 10.5 Å². The van der Waals surface area contributed by atoms with Crippen molar-refractivity contribution in [3.05, 3.63) is 11.6 Å². The number of rotatable bonds is 2. The van der Waals surface area contributed by atoms with E-state index in [4.69, 9.17) is 5.14 Å². The summed E-state index contributed by atoms with van der Waals surface area (Å²) in [5.41, 5.74) is 0.298. The first-order valence-corrected chi connectivity index (χ1v) is 9.62. The van der Waals surface area contributed by atoms with Gasteiger partial charge in [0.25, 0.3) is 0 Å². The van der Waals surface area contributed by atoms with Gasteiger partial charge in [-0.2, -0.15) is 0 Å². The molecule has 10 heteroatoms. The molecule has 1 amide bonds. The second kappa shape index (κ2) is 4.79. The van der Waals surface area contributed by atoms with Gasteiger partial charge in [0.15, 0.2) is 9.84 Å². The molecule has 0 radical (unpaired) electrons. The number of carbonyl (C=O) groups is 1. The number of sulfone groups is 1. The van der Waals surface area contributed by atoms with Crippen molar-refractivity contribution in [2.75, 3.05) is 0 Å². The summed E-state index contributed by atoms with van der Waals surface area (Å²) in [6.07, 6.45) is 0.204. The summed E-state index contributed by atoms with van der Waals surface area (Å²) in [5.74, 6) is -0.309. The van der Waals surface area contributed by atoms with E-state index in [1.807, 2.05) is 0 Å². The fraction of sp³-hybridized carbons (Fsp3) is 0.500. The van der Waals surface area contributed by atoms with Crippen LogP contribution in [0.25, 0.3) is 0 Å². The van der Waals surface area contributed by atoms with Crippen LogP contribution in [0.5, 0.6) is 0 Å². The number of carbonyl (C=O) groups excluding carboxylic acids is 1. The zero-order chi connectivity index (χ0) is 15.3. The molecule has 0 saturated carbocycles. The minimum Gasteiger partial charge on any atom is -0.349 e. The Bertz CT molecular complexity index is 763. The summed E-state index contributed by atoms with van der Waals surface area (Å²) in [4.78, 5) is 11.2. The van der Waals surface area contributed by atoms with Gasteiger partial charge in [0.05, 0.1) is 11.3 Å². The van der Waals surface area contributed by atoms with Crippen LogP contribution in [-0.4, -0.2) is 28.0 Å². The quantitative estimate of drug-likeness (QED) is 0.794. The van der Waals surface area contributed by atoms with E-state index in [1.165, 1.54) is 19.9 Å². The summed E-state index contributed by atoms with van der Waals surface area (Å²) >= 11 is 0.632. The van der Waals surface area contributed by atoms with Gasteiger partial charge in [-0.25, -0.2) is 22.0 Å². The van der Waals surface area contributed by atoms with Gasteiger partial charge < -0.3 is 5.32 Å². The third-order valence-corrected chi connectivity index (χ3v) is 8.41. The lowest BCUT2D eigenvalue weighted by Crippen LogP contribution is -2.35. The Morgan fingerprint density at radius 1 is 1.50 bits per heavy atom. The molecule has 2 atom stereocenters.